The predicted octanol–water partition coefficient (Wildman–Crippen LogP) is 5.03. The highest BCUT2D eigenvalue weighted by Crippen LogP contribution is 2.38. The van der Waals surface area contributed by atoms with Gasteiger partial charge in [0, 0.05) is 35.1 Å². The van der Waals surface area contributed by atoms with Crippen molar-refractivity contribution in [2.75, 3.05) is 11.6 Å². The number of sulfone groups is 1. The van der Waals surface area contributed by atoms with Gasteiger partial charge in [-0.05, 0) is 30.9 Å². The third-order valence-corrected chi connectivity index (χ3v) is 8.98. The predicted molar refractivity (Wildman–Crippen MR) is 153 cm³/mol. The molecule has 4 rings (SSSR count). The van der Waals surface area contributed by atoms with Crippen LogP contribution >= 0.6 is 0 Å². The van der Waals surface area contributed by atoms with E-state index in [1.54, 1.807) is 33.0 Å². The van der Waals surface area contributed by atoms with Crippen LogP contribution in [0.1, 0.15) is 79.6 Å². The first-order chi connectivity index (χ1) is 18.8. The SMILES string of the molecule is CC(C)(C)C(=O)Nc1ncc([C@@H]2CCC[C@@H](S(C)(=O)=O)C2)nc1-c1ccc(C(N)=O)c(F)c1Cc1ccccc1. The molecule has 1 saturated carbocycles. The molecule has 2 aromatic carbocycles. The maximum Gasteiger partial charge on any atom is 0.251 e. The van der Waals surface area contributed by atoms with Gasteiger partial charge in [-0.3, -0.25) is 9.59 Å². The van der Waals surface area contributed by atoms with Crippen molar-refractivity contribution in [2.45, 2.75) is 64.0 Å². The van der Waals surface area contributed by atoms with E-state index < -0.39 is 32.2 Å². The number of nitrogens with zero attached hydrogens (tertiary/aromatic N) is 2. The Kier molecular flexibility index (Phi) is 8.39. The van der Waals surface area contributed by atoms with Crippen LogP contribution in [0.25, 0.3) is 11.3 Å². The zero-order valence-electron chi connectivity index (χ0n) is 23.2. The number of anilines is 1. The number of aromatic nitrogens is 2. The highest BCUT2D eigenvalue weighted by atomic mass is 32.2. The average molecular weight is 567 g/mol. The molecule has 2 atom stereocenters. The fraction of sp³-hybridized carbons (Fsp3) is 0.400. The number of primary amides is 1. The molecule has 1 fully saturated rings. The lowest BCUT2D eigenvalue weighted by molar-refractivity contribution is -0.123. The normalized spacial score (nSPS) is 17.8. The largest absolute Gasteiger partial charge is 0.366 e. The van der Waals surface area contributed by atoms with Crippen LogP contribution in [0.15, 0.2) is 48.7 Å². The average Bonchev–Trinajstić information content (AvgIpc) is 2.89. The number of hydrogen-bond acceptors (Lipinski definition) is 6. The van der Waals surface area contributed by atoms with Crippen LogP contribution in [-0.2, 0) is 21.1 Å². The highest BCUT2D eigenvalue weighted by molar-refractivity contribution is 7.91. The molecule has 0 saturated heterocycles. The molecule has 3 aromatic rings. The fourth-order valence-electron chi connectivity index (χ4n) is 4.98. The Morgan fingerprint density at radius 3 is 2.42 bits per heavy atom. The lowest BCUT2D eigenvalue weighted by Gasteiger charge is -2.28. The smallest absolute Gasteiger partial charge is 0.251 e. The molecule has 8 nitrogen and oxygen atoms in total. The number of benzene rings is 2. The van der Waals surface area contributed by atoms with E-state index in [1.165, 1.54) is 12.3 Å². The van der Waals surface area contributed by atoms with Gasteiger partial charge < -0.3 is 11.1 Å². The van der Waals surface area contributed by atoms with Gasteiger partial charge >= 0.3 is 0 Å². The lowest BCUT2D eigenvalue weighted by Crippen LogP contribution is -2.29. The minimum absolute atomic E-state index is 0.140. The van der Waals surface area contributed by atoms with Crippen molar-refractivity contribution in [3.05, 3.63) is 76.9 Å². The molecule has 1 aliphatic rings. The van der Waals surface area contributed by atoms with E-state index in [0.717, 1.165) is 18.4 Å². The molecule has 2 amide bonds. The van der Waals surface area contributed by atoms with Crippen LogP contribution in [0.3, 0.4) is 0 Å². The maximum absolute atomic E-state index is 15.9. The molecule has 212 valence electrons. The van der Waals surface area contributed by atoms with Gasteiger partial charge in [0.05, 0.1) is 22.7 Å². The summed E-state index contributed by atoms with van der Waals surface area (Å²) >= 11 is 0. The van der Waals surface area contributed by atoms with Gasteiger partial charge in [-0.25, -0.2) is 22.8 Å². The quantitative estimate of drug-likeness (QED) is 0.412. The highest BCUT2D eigenvalue weighted by Gasteiger charge is 2.32. The van der Waals surface area contributed by atoms with Gasteiger partial charge in [0.1, 0.15) is 21.3 Å². The second kappa shape index (κ2) is 11.4. The summed E-state index contributed by atoms with van der Waals surface area (Å²) < 4.78 is 40.5. The van der Waals surface area contributed by atoms with Gasteiger partial charge in [-0.2, -0.15) is 0 Å². The minimum atomic E-state index is -3.23. The summed E-state index contributed by atoms with van der Waals surface area (Å²) in [5.74, 6) is -1.97. The Morgan fingerprint density at radius 1 is 1.10 bits per heavy atom. The third kappa shape index (κ3) is 6.55. The van der Waals surface area contributed by atoms with Gasteiger partial charge in [0.15, 0.2) is 5.82 Å². The van der Waals surface area contributed by atoms with Crippen molar-refractivity contribution in [1.29, 1.82) is 0 Å². The maximum atomic E-state index is 15.9. The molecule has 0 aliphatic heterocycles. The van der Waals surface area contributed by atoms with Crippen molar-refractivity contribution in [3.63, 3.8) is 0 Å². The van der Waals surface area contributed by atoms with Crippen molar-refractivity contribution >= 4 is 27.5 Å². The summed E-state index contributed by atoms with van der Waals surface area (Å²) in [6.45, 7) is 5.29. The van der Waals surface area contributed by atoms with Crippen LogP contribution in [0, 0.1) is 11.2 Å². The molecule has 0 radical (unpaired) electrons. The van der Waals surface area contributed by atoms with E-state index in [-0.39, 0.29) is 40.9 Å². The molecular formula is C30H35FN4O4S. The zero-order chi connectivity index (χ0) is 29.2. The Hall–Kier alpha value is -3.66. The van der Waals surface area contributed by atoms with Crippen LogP contribution in [0.4, 0.5) is 10.2 Å². The molecule has 0 unspecified atom stereocenters. The third-order valence-electron chi connectivity index (χ3n) is 7.34. The van der Waals surface area contributed by atoms with Crippen LogP contribution in [-0.4, -0.2) is 41.7 Å². The Balaban J connectivity index is 1.89. The number of carbonyl (C=O) groups is 2. The molecular weight excluding hydrogens is 531 g/mol. The minimum Gasteiger partial charge on any atom is -0.366 e. The number of rotatable bonds is 7. The van der Waals surface area contributed by atoms with Gasteiger partial charge in [0.25, 0.3) is 5.91 Å². The van der Waals surface area contributed by atoms with E-state index in [9.17, 15) is 18.0 Å². The van der Waals surface area contributed by atoms with Gasteiger partial charge in [-0.15, -0.1) is 0 Å². The molecule has 1 aliphatic carbocycles. The van der Waals surface area contributed by atoms with E-state index >= 15 is 4.39 Å². The van der Waals surface area contributed by atoms with Crippen molar-refractivity contribution in [2.24, 2.45) is 11.1 Å². The number of halogens is 1. The number of hydrogen-bond donors (Lipinski definition) is 2. The Bertz CT molecular complexity index is 1540. The summed E-state index contributed by atoms with van der Waals surface area (Å²) in [5.41, 5.74) is 6.66. The molecule has 40 heavy (non-hydrogen) atoms. The topological polar surface area (TPSA) is 132 Å². The molecule has 1 heterocycles. The monoisotopic (exact) mass is 566 g/mol. The second-order valence-corrected chi connectivity index (χ2v) is 13.8. The number of nitrogens with two attached hydrogens (primary N) is 1. The molecule has 0 bridgehead atoms. The van der Waals surface area contributed by atoms with Crippen LogP contribution < -0.4 is 11.1 Å². The summed E-state index contributed by atoms with van der Waals surface area (Å²) in [4.78, 5) is 34.4. The lowest BCUT2D eigenvalue weighted by atomic mass is 9.86. The van der Waals surface area contributed by atoms with E-state index in [0.29, 0.717) is 24.1 Å². The molecule has 0 spiro atoms. The van der Waals surface area contributed by atoms with E-state index in [1.807, 2.05) is 30.3 Å². The summed E-state index contributed by atoms with van der Waals surface area (Å²) in [7, 11) is -3.23. The first-order valence-electron chi connectivity index (χ1n) is 13.3. The van der Waals surface area contributed by atoms with E-state index in [2.05, 4.69) is 10.3 Å². The first-order valence-corrected chi connectivity index (χ1v) is 15.2. The number of carbonyl (C=O) groups excluding carboxylic acids is 2. The molecule has 3 N–H and O–H groups in total. The van der Waals surface area contributed by atoms with Crippen LogP contribution in [0.5, 0.6) is 0 Å². The van der Waals surface area contributed by atoms with Crippen molar-refractivity contribution in [1.82, 2.24) is 9.97 Å². The van der Waals surface area contributed by atoms with Crippen LogP contribution in [0.2, 0.25) is 0 Å². The van der Waals surface area contributed by atoms with E-state index in [4.69, 9.17) is 10.7 Å². The Labute approximate surface area is 234 Å². The van der Waals surface area contributed by atoms with Crippen molar-refractivity contribution in [3.8, 4) is 11.3 Å². The fourth-order valence-corrected chi connectivity index (χ4v) is 6.16. The summed E-state index contributed by atoms with van der Waals surface area (Å²) in [6, 6.07) is 12.1. The first kappa shape index (κ1) is 29.3. The summed E-state index contributed by atoms with van der Waals surface area (Å²) in [6.07, 6.45) is 5.41. The number of amides is 2. The second-order valence-electron chi connectivity index (χ2n) is 11.5. The molecule has 10 heteroatoms. The van der Waals surface area contributed by atoms with Gasteiger partial charge in [-0.1, -0.05) is 63.6 Å². The summed E-state index contributed by atoms with van der Waals surface area (Å²) in [5, 5.41) is 2.36. The standard InChI is InChI=1S/C30H35FN4O4S/c1-30(2,3)29(37)35-28-26(34-24(17-33-28)19-11-8-12-20(16-19)40(4,38)39)21-13-14-22(27(32)36)25(31)23(21)15-18-9-6-5-7-10-18/h5-7,9-10,13-14,17,19-20H,8,11-12,15-16H2,1-4H3,(H2,32,36)(H,33,35,37)/t19-,20-/m1/s1. The molecule has 1 aromatic heterocycles. The Morgan fingerprint density at radius 2 is 1.80 bits per heavy atom. The van der Waals surface area contributed by atoms with Gasteiger partial charge in [0.2, 0.25) is 5.91 Å². The number of nitrogens with one attached hydrogen (secondary N) is 1. The zero-order valence-corrected chi connectivity index (χ0v) is 24.0. The van der Waals surface area contributed by atoms with Crippen molar-refractivity contribution < 1.29 is 22.4 Å².